The third kappa shape index (κ3) is 5.16. The first-order valence-electron chi connectivity index (χ1n) is 8.06. The van der Waals surface area contributed by atoms with E-state index in [1.165, 1.54) is 6.07 Å². The molecule has 1 aliphatic heterocycles. The van der Waals surface area contributed by atoms with Gasteiger partial charge in [0.05, 0.1) is 5.56 Å². The van der Waals surface area contributed by atoms with Crippen molar-refractivity contribution in [3.63, 3.8) is 0 Å². The van der Waals surface area contributed by atoms with Gasteiger partial charge >= 0.3 is 0 Å². The molecule has 126 valence electrons. The molecule has 1 aromatic carbocycles. The van der Waals surface area contributed by atoms with Gasteiger partial charge in [-0.05, 0) is 30.7 Å². The molecule has 1 heterocycles. The number of hydrogen-bond donors (Lipinski definition) is 2. The fraction of sp³-hybridized carbons (Fsp3) is 0.529. The zero-order chi connectivity index (χ0) is 16.7. The number of hydrogen-bond acceptors (Lipinski definition) is 4. The Morgan fingerprint density at radius 2 is 2.00 bits per heavy atom. The van der Waals surface area contributed by atoms with E-state index in [1.807, 2.05) is 0 Å². The smallest absolute Gasteiger partial charge is 0.257 e. The summed E-state index contributed by atoms with van der Waals surface area (Å²) in [5, 5.41) is 12.8. The second kappa shape index (κ2) is 8.82. The summed E-state index contributed by atoms with van der Waals surface area (Å²) in [6.07, 6.45) is 2.06. The molecule has 0 saturated carbocycles. The van der Waals surface area contributed by atoms with Crippen molar-refractivity contribution in [3.05, 3.63) is 29.8 Å². The molecule has 0 radical (unpaired) electrons. The molecule has 0 aromatic heterocycles. The van der Waals surface area contributed by atoms with Gasteiger partial charge in [-0.15, -0.1) is 0 Å². The molecule has 0 atom stereocenters. The number of likely N-dealkylation sites (tertiary alicyclic amines) is 1. The Morgan fingerprint density at radius 3 is 2.65 bits per heavy atom. The molecular formula is C17H24N2O3S. The number of para-hydroxylation sites is 1. The summed E-state index contributed by atoms with van der Waals surface area (Å²) < 4.78 is 0. The van der Waals surface area contributed by atoms with Crippen LogP contribution in [0.1, 0.15) is 36.5 Å². The standard InChI is InChI=1S/C17H24N2O3S/c1-2-23-12-9-16(21)18-13-7-10-19(11-8-13)17(22)14-5-3-4-6-15(14)20/h3-6,13,20H,2,7-12H2,1H3,(H,18,21). The Labute approximate surface area is 141 Å². The van der Waals surface area contributed by atoms with Gasteiger partial charge in [0.15, 0.2) is 0 Å². The van der Waals surface area contributed by atoms with Crippen molar-refractivity contribution in [3.8, 4) is 5.75 Å². The van der Waals surface area contributed by atoms with E-state index in [9.17, 15) is 14.7 Å². The van der Waals surface area contributed by atoms with Crippen LogP contribution >= 0.6 is 11.8 Å². The van der Waals surface area contributed by atoms with E-state index in [2.05, 4.69) is 12.2 Å². The van der Waals surface area contributed by atoms with Crippen LogP contribution < -0.4 is 5.32 Å². The zero-order valence-electron chi connectivity index (χ0n) is 13.5. The summed E-state index contributed by atoms with van der Waals surface area (Å²) in [7, 11) is 0. The topological polar surface area (TPSA) is 69.6 Å². The van der Waals surface area contributed by atoms with E-state index in [0.29, 0.717) is 25.1 Å². The molecule has 5 nitrogen and oxygen atoms in total. The monoisotopic (exact) mass is 336 g/mol. The number of rotatable bonds is 6. The molecule has 23 heavy (non-hydrogen) atoms. The second-order valence-electron chi connectivity index (χ2n) is 5.60. The highest BCUT2D eigenvalue weighted by Gasteiger charge is 2.25. The zero-order valence-corrected chi connectivity index (χ0v) is 14.3. The van der Waals surface area contributed by atoms with Gasteiger partial charge in [0.1, 0.15) is 5.75 Å². The van der Waals surface area contributed by atoms with Gasteiger partial charge < -0.3 is 15.3 Å². The van der Waals surface area contributed by atoms with Crippen LogP contribution in [0.5, 0.6) is 5.75 Å². The first kappa shape index (κ1) is 17.7. The summed E-state index contributed by atoms with van der Waals surface area (Å²) in [6, 6.07) is 6.74. The Morgan fingerprint density at radius 1 is 1.30 bits per heavy atom. The van der Waals surface area contributed by atoms with Crippen molar-refractivity contribution in [1.29, 1.82) is 0 Å². The normalized spacial score (nSPS) is 15.4. The third-order valence-electron chi connectivity index (χ3n) is 3.96. The summed E-state index contributed by atoms with van der Waals surface area (Å²) in [6.45, 7) is 3.28. The molecule has 0 unspecified atom stereocenters. The SMILES string of the molecule is CCSCCC(=O)NC1CCN(C(=O)c2ccccc2O)CC1. The van der Waals surface area contributed by atoms with E-state index in [4.69, 9.17) is 0 Å². The average molecular weight is 336 g/mol. The molecule has 1 aromatic rings. The van der Waals surface area contributed by atoms with Crippen molar-refractivity contribution < 1.29 is 14.7 Å². The first-order valence-corrected chi connectivity index (χ1v) is 9.21. The average Bonchev–Trinajstić information content (AvgIpc) is 2.56. The number of aromatic hydroxyl groups is 1. The van der Waals surface area contributed by atoms with Crippen LogP contribution in [0, 0.1) is 0 Å². The van der Waals surface area contributed by atoms with Gasteiger partial charge in [0.25, 0.3) is 5.91 Å². The highest BCUT2D eigenvalue weighted by molar-refractivity contribution is 7.99. The number of thioether (sulfide) groups is 1. The van der Waals surface area contributed by atoms with Crippen molar-refractivity contribution in [2.75, 3.05) is 24.6 Å². The molecule has 0 aliphatic carbocycles. The van der Waals surface area contributed by atoms with E-state index in [0.717, 1.165) is 24.3 Å². The number of phenols is 1. The highest BCUT2D eigenvalue weighted by atomic mass is 32.2. The minimum absolute atomic E-state index is 0.0151. The molecule has 0 bridgehead atoms. The number of piperidine rings is 1. The van der Waals surface area contributed by atoms with Crippen molar-refractivity contribution in [2.24, 2.45) is 0 Å². The second-order valence-corrected chi connectivity index (χ2v) is 6.99. The maximum atomic E-state index is 12.4. The lowest BCUT2D eigenvalue weighted by molar-refractivity contribution is -0.121. The molecule has 1 saturated heterocycles. The van der Waals surface area contributed by atoms with E-state index < -0.39 is 0 Å². The number of nitrogens with one attached hydrogen (secondary N) is 1. The maximum absolute atomic E-state index is 12.4. The fourth-order valence-corrected chi connectivity index (χ4v) is 3.28. The highest BCUT2D eigenvalue weighted by Crippen LogP contribution is 2.20. The van der Waals surface area contributed by atoms with Crippen molar-refractivity contribution in [1.82, 2.24) is 10.2 Å². The molecule has 2 rings (SSSR count). The predicted molar refractivity (Wildman–Crippen MR) is 92.8 cm³/mol. The number of nitrogens with zero attached hydrogens (tertiary/aromatic N) is 1. The van der Waals surface area contributed by atoms with Crippen LogP contribution in [-0.2, 0) is 4.79 Å². The van der Waals surface area contributed by atoms with Crippen molar-refractivity contribution in [2.45, 2.75) is 32.2 Å². The predicted octanol–water partition coefficient (Wildman–Crippen LogP) is 2.26. The number of benzene rings is 1. The number of phenolic OH excluding ortho intramolecular Hbond substituents is 1. The summed E-state index contributed by atoms with van der Waals surface area (Å²) >= 11 is 1.76. The Bertz CT molecular complexity index is 542. The largest absolute Gasteiger partial charge is 0.507 e. The van der Waals surface area contributed by atoms with E-state index >= 15 is 0 Å². The lowest BCUT2D eigenvalue weighted by Crippen LogP contribution is -2.46. The maximum Gasteiger partial charge on any atom is 0.257 e. The van der Waals surface area contributed by atoms with Crippen LogP contribution in [0.15, 0.2) is 24.3 Å². The lowest BCUT2D eigenvalue weighted by atomic mass is 10.0. The van der Waals surface area contributed by atoms with Crippen LogP contribution in [0.2, 0.25) is 0 Å². The summed E-state index contributed by atoms with van der Waals surface area (Å²) in [5.74, 6) is 1.84. The van der Waals surface area contributed by atoms with Gasteiger partial charge in [-0.25, -0.2) is 0 Å². The van der Waals surface area contributed by atoms with Crippen LogP contribution in [-0.4, -0.2) is 52.5 Å². The quantitative estimate of drug-likeness (QED) is 0.782. The fourth-order valence-electron chi connectivity index (χ4n) is 2.66. The minimum atomic E-state index is -0.146. The van der Waals surface area contributed by atoms with E-state index in [-0.39, 0.29) is 23.6 Å². The molecule has 2 N–H and O–H groups in total. The van der Waals surface area contributed by atoms with Gasteiger partial charge in [0, 0.05) is 31.3 Å². The van der Waals surface area contributed by atoms with Gasteiger partial charge in [0.2, 0.25) is 5.91 Å². The molecule has 6 heteroatoms. The Kier molecular flexibility index (Phi) is 6.77. The number of carbonyl (C=O) groups excluding carboxylic acids is 2. The van der Waals surface area contributed by atoms with E-state index in [1.54, 1.807) is 34.9 Å². The third-order valence-corrected chi connectivity index (χ3v) is 4.86. The van der Waals surface area contributed by atoms with Crippen LogP contribution in [0.25, 0.3) is 0 Å². The first-order chi connectivity index (χ1) is 11.1. The molecular weight excluding hydrogens is 312 g/mol. The van der Waals surface area contributed by atoms with Gasteiger partial charge in [-0.2, -0.15) is 11.8 Å². The number of carbonyl (C=O) groups is 2. The molecule has 2 amide bonds. The Balaban J connectivity index is 1.79. The molecule has 1 fully saturated rings. The lowest BCUT2D eigenvalue weighted by Gasteiger charge is -2.32. The molecule has 1 aliphatic rings. The number of amides is 2. The van der Waals surface area contributed by atoms with Gasteiger partial charge in [-0.1, -0.05) is 19.1 Å². The Hall–Kier alpha value is -1.69. The summed E-state index contributed by atoms with van der Waals surface area (Å²) in [4.78, 5) is 26.0. The van der Waals surface area contributed by atoms with Crippen molar-refractivity contribution >= 4 is 23.6 Å². The van der Waals surface area contributed by atoms with Crippen LogP contribution in [0.3, 0.4) is 0 Å². The van der Waals surface area contributed by atoms with Crippen LogP contribution in [0.4, 0.5) is 0 Å². The molecule has 0 spiro atoms. The minimum Gasteiger partial charge on any atom is -0.507 e. The van der Waals surface area contributed by atoms with Gasteiger partial charge in [-0.3, -0.25) is 9.59 Å². The summed E-state index contributed by atoms with van der Waals surface area (Å²) in [5.41, 5.74) is 0.339.